The van der Waals surface area contributed by atoms with E-state index in [4.69, 9.17) is 0 Å². The summed E-state index contributed by atoms with van der Waals surface area (Å²) in [5.41, 5.74) is 4.16. The van der Waals surface area contributed by atoms with Crippen molar-refractivity contribution in [3.05, 3.63) is 95.3 Å². The molecular formula is C23H21N5O2. The van der Waals surface area contributed by atoms with Gasteiger partial charge in [0.25, 0.3) is 11.8 Å². The van der Waals surface area contributed by atoms with Gasteiger partial charge in [-0.2, -0.15) is 0 Å². The SMILES string of the molecule is Cc1cccc(C)c1NC(=O)c1nc(C(=O)NCc2ccccn2)n2ccccc12. The van der Waals surface area contributed by atoms with Crippen molar-refractivity contribution in [3.8, 4) is 0 Å². The molecule has 0 aliphatic carbocycles. The Labute approximate surface area is 173 Å². The van der Waals surface area contributed by atoms with E-state index in [-0.39, 0.29) is 29.9 Å². The molecule has 2 N–H and O–H groups in total. The number of anilines is 1. The molecule has 0 atom stereocenters. The molecule has 0 radical (unpaired) electrons. The van der Waals surface area contributed by atoms with Gasteiger partial charge in [0, 0.05) is 18.1 Å². The second-order valence-electron chi connectivity index (χ2n) is 6.96. The van der Waals surface area contributed by atoms with Crippen LogP contribution < -0.4 is 10.6 Å². The van der Waals surface area contributed by atoms with Gasteiger partial charge in [0.2, 0.25) is 5.82 Å². The molecule has 0 aliphatic heterocycles. The van der Waals surface area contributed by atoms with Gasteiger partial charge in [-0.15, -0.1) is 0 Å². The molecule has 3 aromatic heterocycles. The minimum absolute atomic E-state index is 0.146. The number of imidazole rings is 1. The van der Waals surface area contributed by atoms with Gasteiger partial charge in [0.1, 0.15) is 0 Å². The highest BCUT2D eigenvalue weighted by atomic mass is 16.2. The second-order valence-corrected chi connectivity index (χ2v) is 6.96. The Morgan fingerprint density at radius 2 is 1.70 bits per heavy atom. The molecule has 2 amide bonds. The standard InChI is InChI=1S/C23H21N5O2/c1-15-8-7-9-16(2)19(15)27-22(29)20-18-11-4-6-13-28(18)21(26-20)23(30)25-14-17-10-3-5-12-24-17/h3-13H,14H2,1-2H3,(H,25,30)(H,27,29). The third kappa shape index (κ3) is 3.77. The molecule has 0 saturated carbocycles. The third-order valence-electron chi connectivity index (χ3n) is 4.84. The fourth-order valence-electron chi connectivity index (χ4n) is 3.30. The summed E-state index contributed by atoms with van der Waals surface area (Å²) >= 11 is 0. The molecule has 7 nitrogen and oxygen atoms in total. The quantitative estimate of drug-likeness (QED) is 0.537. The van der Waals surface area contributed by atoms with Crippen LogP contribution in [0.15, 0.2) is 67.0 Å². The minimum atomic E-state index is -0.382. The summed E-state index contributed by atoms with van der Waals surface area (Å²) in [4.78, 5) is 34.4. The lowest BCUT2D eigenvalue weighted by molar-refractivity contribution is 0.0939. The zero-order valence-corrected chi connectivity index (χ0v) is 16.7. The number of carbonyl (C=O) groups is 2. The van der Waals surface area contributed by atoms with Crippen LogP contribution in [0.3, 0.4) is 0 Å². The van der Waals surface area contributed by atoms with Crippen LogP contribution in [0.4, 0.5) is 5.69 Å². The van der Waals surface area contributed by atoms with E-state index in [1.54, 1.807) is 28.9 Å². The monoisotopic (exact) mass is 399 g/mol. The number of hydrogen-bond donors (Lipinski definition) is 2. The fraction of sp³-hybridized carbons (Fsp3) is 0.130. The first-order valence-corrected chi connectivity index (χ1v) is 9.57. The van der Waals surface area contributed by atoms with Crippen LogP contribution >= 0.6 is 0 Å². The minimum Gasteiger partial charge on any atom is -0.344 e. The molecular weight excluding hydrogens is 378 g/mol. The van der Waals surface area contributed by atoms with E-state index in [0.717, 1.165) is 22.5 Å². The number of rotatable bonds is 5. The Morgan fingerprint density at radius 1 is 0.933 bits per heavy atom. The second kappa shape index (κ2) is 8.16. The van der Waals surface area contributed by atoms with Crippen LogP contribution in [0.5, 0.6) is 0 Å². The van der Waals surface area contributed by atoms with Gasteiger partial charge < -0.3 is 10.6 Å². The highest BCUT2D eigenvalue weighted by molar-refractivity contribution is 6.09. The predicted molar refractivity (Wildman–Crippen MR) is 114 cm³/mol. The third-order valence-corrected chi connectivity index (χ3v) is 4.84. The molecule has 4 rings (SSSR count). The number of nitrogens with zero attached hydrogens (tertiary/aromatic N) is 3. The van der Waals surface area contributed by atoms with Crippen LogP contribution in [0, 0.1) is 13.8 Å². The zero-order chi connectivity index (χ0) is 21.1. The van der Waals surface area contributed by atoms with Crippen LogP contribution in [0.1, 0.15) is 37.9 Å². The Balaban J connectivity index is 1.63. The average Bonchev–Trinajstić information content (AvgIpc) is 3.15. The smallest absolute Gasteiger partial charge is 0.288 e. The van der Waals surface area contributed by atoms with Gasteiger partial charge in [0.05, 0.1) is 17.8 Å². The molecule has 0 spiro atoms. The summed E-state index contributed by atoms with van der Waals surface area (Å²) in [6, 6.07) is 16.7. The number of hydrogen-bond acceptors (Lipinski definition) is 4. The lowest BCUT2D eigenvalue weighted by atomic mass is 10.1. The number of pyridine rings is 2. The maximum atomic E-state index is 13.0. The molecule has 0 aliphatic rings. The van der Waals surface area contributed by atoms with Crippen molar-refractivity contribution in [2.24, 2.45) is 0 Å². The first-order valence-electron chi connectivity index (χ1n) is 9.57. The summed E-state index contributed by atoms with van der Waals surface area (Å²) in [6.07, 6.45) is 3.39. The number of aromatic nitrogens is 3. The van der Waals surface area contributed by atoms with Gasteiger partial charge in [-0.25, -0.2) is 4.98 Å². The van der Waals surface area contributed by atoms with E-state index in [2.05, 4.69) is 20.6 Å². The molecule has 4 aromatic rings. The van der Waals surface area contributed by atoms with Crippen molar-refractivity contribution in [3.63, 3.8) is 0 Å². The number of benzene rings is 1. The largest absolute Gasteiger partial charge is 0.344 e. The first-order chi connectivity index (χ1) is 14.5. The average molecular weight is 399 g/mol. The van der Waals surface area contributed by atoms with E-state index in [1.165, 1.54) is 0 Å². The number of carbonyl (C=O) groups excluding carboxylic acids is 2. The van der Waals surface area contributed by atoms with Crippen LogP contribution in [-0.4, -0.2) is 26.2 Å². The highest BCUT2D eigenvalue weighted by Crippen LogP contribution is 2.21. The lowest BCUT2D eigenvalue weighted by Crippen LogP contribution is -2.25. The molecule has 30 heavy (non-hydrogen) atoms. The lowest BCUT2D eigenvalue weighted by Gasteiger charge is -2.10. The molecule has 150 valence electrons. The fourth-order valence-corrected chi connectivity index (χ4v) is 3.30. The van der Waals surface area contributed by atoms with Gasteiger partial charge in [-0.3, -0.25) is 19.0 Å². The highest BCUT2D eigenvalue weighted by Gasteiger charge is 2.22. The van der Waals surface area contributed by atoms with Crippen molar-refractivity contribution in [1.82, 2.24) is 19.7 Å². The normalized spacial score (nSPS) is 10.7. The molecule has 0 bridgehead atoms. The summed E-state index contributed by atoms with van der Waals surface area (Å²) in [5.74, 6) is -0.596. The molecule has 7 heteroatoms. The number of para-hydroxylation sites is 1. The summed E-state index contributed by atoms with van der Waals surface area (Å²) in [7, 11) is 0. The number of aryl methyl sites for hydroxylation is 2. The van der Waals surface area contributed by atoms with E-state index < -0.39 is 0 Å². The van der Waals surface area contributed by atoms with E-state index in [0.29, 0.717) is 5.52 Å². The van der Waals surface area contributed by atoms with Crippen LogP contribution in [0.25, 0.3) is 5.52 Å². The maximum Gasteiger partial charge on any atom is 0.288 e. The van der Waals surface area contributed by atoms with E-state index in [9.17, 15) is 9.59 Å². The van der Waals surface area contributed by atoms with Crippen molar-refractivity contribution in [2.45, 2.75) is 20.4 Å². The van der Waals surface area contributed by atoms with Crippen molar-refractivity contribution in [2.75, 3.05) is 5.32 Å². The molecule has 0 fully saturated rings. The van der Waals surface area contributed by atoms with E-state index >= 15 is 0 Å². The summed E-state index contributed by atoms with van der Waals surface area (Å²) in [6.45, 7) is 4.14. The topological polar surface area (TPSA) is 88.4 Å². The van der Waals surface area contributed by atoms with Crippen molar-refractivity contribution >= 4 is 23.0 Å². The molecule has 1 aromatic carbocycles. The number of fused-ring (bicyclic) bond motifs is 1. The zero-order valence-electron chi connectivity index (χ0n) is 16.7. The van der Waals surface area contributed by atoms with Gasteiger partial charge in [-0.1, -0.05) is 30.3 Å². The molecule has 3 heterocycles. The number of amides is 2. The molecule has 0 saturated heterocycles. The maximum absolute atomic E-state index is 13.0. The van der Waals surface area contributed by atoms with Crippen molar-refractivity contribution in [1.29, 1.82) is 0 Å². The number of nitrogens with one attached hydrogen (secondary N) is 2. The van der Waals surface area contributed by atoms with Gasteiger partial charge >= 0.3 is 0 Å². The van der Waals surface area contributed by atoms with Crippen LogP contribution in [0.2, 0.25) is 0 Å². The van der Waals surface area contributed by atoms with Gasteiger partial charge in [0.15, 0.2) is 5.69 Å². The summed E-state index contributed by atoms with van der Waals surface area (Å²) in [5, 5.41) is 5.75. The van der Waals surface area contributed by atoms with E-state index in [1.807, 2.05) is 56.3 Å². The summed E-state index contributed by atoms with van der Waals surface area (Å²) < 4.78 is 1.62. The Bertz CT molecular complexity index is 1210. The Kier molecular flexibility index (Phi) is 5.26. The Morgan fingerprint density at radius 3 is 2.43 bits per heavy atom. The molecule has 0 unspecified atom stereocenters. The predicted octanol–water partition coefficient (Wildman–Crippen LogP) is 3.53. The first kappa shape index (κ1) is 19.3. The van der Waals surface area contributed by atoms with Crippen molar-refractivity contribution < 1.29 is 9.59 Å². The van der Waals surface area contributed by atoms with Gasteiger partial charge in [-0.05, 0) is 49.2 Å². The van der Waals surface area contributed by atoms with Crippen LogP contribution in [-0.2, 0) is 6.54 Å². The Hall–Kier alpha value is -4.00.